The third-order valence-electron chi connectivity index (χ3n) is 3.48. The minimum Gasteiger partial charge on any atom is -0.452 e. The Morgan fingerprint density at radius 2 is 1.88 bits per heavy atom. The fraction of sp³-hybridized carbons (Fsp3) is 0.222. The second-order valence-electron chi connectivity index (χ2n) is 5.23. The molecular formula is C18H17Cl2NO3S. The molecule has 0 unspecified atom stereocenters. The first kappa shape index (κ1) is 19.6. The monoisotopic (exact) mass is 397 g/mol. The van der Waals surface area contributed by atoms with Crippen molar-refractivity contribution in [3.63, 3.8) is 0 Å². The minimum absolute atomic E-state index is 0.237. The van der Waals surface area contributed by atoms with Crippen LogP contribution in [0.15, 0.2) is 47.4 Å². The number of hydrogen-bond acceptors (Lipinski definition) is 4. The topological polar surface area (TPSA) is 55.4 Å². The Hall–Kier alpha value is -1.69. The predicted octanol–water partition coefficient (Wildman–Crippen LogP) is 4.75. The summed E-state index contributed by atoms with van der Waals surface area (Å²) in [6.07, 6.45) is 1.89. The van der Waals surface area contributed by atoms with E-state index in [0.29, 0.717) is 5.02 Å². The molecule has 0 saturated heterocycles. The number of rotatable bonds is 6. The van der Waals surface area contributed by atoms with Crippen LogP contribution in [0.2, 0.25) is 10.0 Å². The number of esters is 1. The average molecular weight is 398 g/mol. The molecular weight excluding hydrogens is 381 g/mol. The zero-order valence-electron chi connectivity index (χ0n) is 13.7. The fourth-order valence-electron chi connectivity index (χ4n) is 2.18. The van der Waals surface area contributed by atoms with E-state index in [1.807, 2.05) is 30.5 Å². The molecule has 0 fully saturated rings. The largest absolute Gasteiger partial charge is 0.452 e. The van der Waals surface area contributed by atoms with Gasteiger partial charge in [-0.3, -0.25) is 4.79 Å². The van der Waals surface area contributed by atoms with Crippen LogP contribution in [-0.4, -0.2) is 24.7 Å². The van der Waals surface area contributed by atoms with Gasteiger partial charge in [0.1, 0.15) is 0 Å². The summed E-state index contributed by atoms with van der Waals surface area (Å²) in [5.74, 6) is -1.06. The lowest BCUT2D eigenvalue weighted by Crippen LogP contribution is -2.31. The molecule has 2 rings (SSSR count). The highest BCUT2D eigenvalue weighted by Crippen LogP contribution is 2.24. The van der Waals surface area contributed by atoms with E-state index in [9.17, 15) is 9.59 Å². The van der Waals surface area contributed by atoms with Crippen LogP contribution in [0.1, 0.15) is 28.9 Å². The van der Waals surface area contributed by atoms with Crippen molar-refractivity contribution in [1.82, 2.24) is 5.32 Å². The maximum Gasteiger partial charge on any atom is 0.340 e. The summed E-state index contributed by atoms with van der Waals surface area (Å²) in [7, 11) is 0. The number of nitrogens with one attached hydrogen (secondary N) is 1. The Kier molecular flexibility index (Phi) is 7.17. The Labute approximate surface area is 160 Å². The van der Waals surface area contributed by atoms with E-state index >= 15 is 0 Å². The fourth-order valence-corrected chi connectivity index (χ4v) is 3.12. The smallest absolute Gasteiger partial charge is 0.340 e. The van der Waals surface area contributed by atoms with E-state index < -0.39 is 18.5 Å². The van der Waals surface area contributed by atoms with E-state index in [4.69, 9.17) is 27.9 Å². The van der Waals surface area contributed by atoms with Gasteiger partial charge in [0.2, 0.25) is 0 Å². The van der Waals surface area contributed by atoms with Gasteiger partial charge in [0.25, 0.3) is 5.91 Å². The molecule has 1 atom stereocenters. The van der Waals surface area contributed by atoms with Crippen molar-refractivity contribution >= 4 is 46.8 Å². The van der Waals surface area contributed by atoms with Crippen LogP contribution in [0.4, 0.5) is 0 Å². The molecule has 2 aromatic rings. The SMILES string of the molecule is CSc1ccc(Cl)c(C(=O)OCC(=O)N[C@H](C)c2ccccc2Cl)c1. The van der Waals surface area contributed by atoms with E-state index in [-0.39, 0.29) is 16.6 Å². The summed E-state index contributed by atoms with van der Waals surface area (Å²) in [4.78, 5) is 25.0. The lowest BCUT2D eigenvalue weighted by Gasteiger charge is -2.15. The third kappa shape index (κ3) is 5.39. The highest BCUT2D eigenvalue weighted by Gasteiger charge is 2.16. The van der Waals surface area contributed by atoms with Crippen molar-refractivity contribution in [2.45, 2.75) is 17.9 Å². The van der Waals surface area contributed by atoms with Crippen LogP contribution in [0.5, 0.6) is 0 Å². The molecule has 1 amide bonds. The summed E-state index contributed by atoms with van der Waals surface area (Å²) >= 11 is 13.6. The number of carbonyl (C=O) groups is 2. The molecule has 132 valence electrons. The number of hydrogen-bond donors (Lipinski definition) is 1. The number of thioether (sulfide) groups is 1. The van der Waals surface area contributed by atoms with Gasteiger partial charge in [-0.1, -0.05) is 41.4 Å². The molecule has 2 aromatic carbocycles. The first-order valence-electron chi connectivity index (χ1n) is 7.47. The standard InChI is InChI=1S/C18H17Cl2NO3S/c1-11(13-5-3-4-6-15(13)19)21-17(22)10-24-18(23)14-9-12(25-2)7-8-16(14)20/h3-9,11H,10H2,1-2H3,(H,21,22)/t11-/m1/s1. The lowest BCUT2D eigenvalue weighted by atomic mass is 10.1. The van der Waals surface area contributed by atoms with Gasteiger partial charge in [-0.2, -0.15) is 0 Å². The quantitative estimate of drug-likeness (QED) is 0.564. The summed E-state index contributed by atoms with van der Waals surface area (Å²) in [5.41, 5.74) is 1.03. The average Bonchev–Trinajstić information content (AvgIpc) is 2.60. The van der Waals surface area contributed by atoms with E-state index in [2.05, 4.69) is 5.32 Å². The van der Waals surface area contributed by atoms with Crippen molar-refractivity contribution in [2.75, 3.05) is 12.9 Å². The van der Waals surface area contributed by atoms with Crippen molar-refractivity contribution in [3.05, 3.63) is 63.6 Å². The Bertz CT molecular complexity index is 783. The van der Waals surface area contributed by atoms with Crippen molar-refractivity contribution in [2.24, 2.45) is 0 Å². The van der Waals surface area contributed by atoms with Gasteiger partial charge in [0.15, 0.2) is 6.61 Å². The van der Waals surface area contributed by atoms with Gasteiger partial charge in [-0.15, -0.1) is 11.8 Å². The second kappa shape index (κ2) is 9.13. The Morgan fingerprint density at radius 3 is 2.56 bits per heavy atom. The number of amides is 1. The molecule has 1 N–H and O–H groups in total. The van der Waals surface area contributed by atoms with Crippen LogP contribution in [0.3, 0.4) is 0 Å². The van der Waals surface area contributed by atoms with E-state index in [0.717, 1.165) is 10.5 Å². The molecule has 4 nitrogen and oxygen atoms in total. The van der Waals surface area contributed by atoms with Gasteiger partial charge in [-0.05, 0) is 43.0 Å². The minimum atomic E-state index is -0.638. The van der Waals surface area contributed by atoms with Gasteiger partial charge in [0, 0.05) is 9.92 Å². The first-order chi connectivity index (χ1) is 11.9. The highest BCUT2D eigenvalue weighted by atomic mass is 35.5. The van der Waals surface area contributed by atoms with Crippen molar-refractivity contribution < 1.29 is 14.3 Å². The molecule has 25 heavy (non-hydrogen) atoms. The molecule has 0 heterocycles. The Balaban J connectivity index is 1.94. The van der Waals surface area contributed by atoms with Crippen molar-refractivity contribution in [1.29, 1.82) is 0 Å². The molecule has 0 aromatic heterocycles. The maximum absolute atomic E-state index is 12.1. The molecule has 0 bridgehead atoms. The second-order valence-corrected chi connectivity index (χ2v) is 6.93. The van der Waals surface area contributed by atoms with Crippen molar-refractivity contribution in [3.8, 4) is 0 Å². The van der Waals surface area contributed by atoms with Gasteiger partial charge in [-0.25, -0.2) is 4.79 Å². The normalized spacial score (nSPS) is 11.7. The van der Waals surface area contributed by atoms with Crippen LogP contribution in [0, 0.1) is 0 Å². The van der Waals surface area contributed by atoms with E-state index in [1.165, 1.54) is 11.8 Å². The molecule has 0 aliphatic rings. The zero-order chi connectivity index (χ0) is 18.4. The summed E-state index contributed by atoms with van der Waals surface area (Å²) in [5, 5.41) is 3.59. The molecule has 0 radical (unpaired) electrons. The summed E-state index contributed by atoms with van der Waals surface area (Å²) in [6.45, 7) is 1.41. The molecule has 0 spiro atoms. The van der Waals surface area contributed by atoms with Crippen LogP contribution in [-0.2, 0) is 9.53 Å². The summed E-state index contributed by atoms with van der Waals surface area (Å²) in [6, 6.07) is 12.0. The third-order valence-corrected chi connectivity index (χ3v) is 4.88. The molecule has 0 aliphatic carbocycles. The van der Waals surface area contributed by atoms with Crippen LogP contribution >= 0.6 is 35.0 Å². The molecule has 7 heteroatoms. The number of halogens is 2. The zero-order valence-corrected chi connectivity index (χ0v) is 16.0. The molecule has 0 aliphatic heterocycles. The van der Waals surface area contributed by atoms with Crippen LogP contribution < -0.4 is 5.32 Å². The van der Waals surface area contributed by atoms with Crippen LogP contribution in [0.25, 0.3) is 0 Å². The predicted molar refractivity (Wildman–Crippen MR) is 102 cm³/mol. The van der Waals surface area contributed by atoms with Gasteiger partial charge in [0.05, 0.1) is 16.6 Å². The Morgan fingerprint density at radius 1 is 1.16 bits per heavy atom. The number of carbonyl (C=O) groups excluding carboxylic acids is 2. The number of ether oxygens (including phenoxy) is 1. The van der Waals surface area contributed by atoms with Gasteiger partial charge >= 0.3 is 5.97 Å². The first-order valence-corrected chi connectivity index (χ1v) is 9.45. The lowest BCUT2D eigenvalue weighted by molar-refractivity contribution is -0.124. The molecule has 0 saturated carbocycles. The summed E-state index contributed by atoms with van der Waals surface area (Å²) < 4.78 is 5.06. The van der Waals surface area contributed by atoms with E-state index in [1.54, 1.807) is 25.1 Å². The van der Waals surface area contributed by atoms with Gasteiger partial charge < -0.3 is 10.1 Å². The maximum atomic E-state index is 12.1. The highest BCUT2D eigenvalue weighted by molar-refractivity contribution is 7.98. The number of benzene rings is 2.